The Labute approximate surface area is 132 Å². The van der Waals surface area contributed by atoms with Crippen LogP contribution in [-0.2, 0) is 4.79 Å². The zero-order chi connectivity index (χ0) is 16.1. The third-order valence-electron chi connectivity index (χ3n) is 3.54. The molecule has 1 saturated heterocycles. The van der Waals surface area contributed by atoms with Crippen LogP contribution in [0.2, 0.25) is 0 Å². The summed E-state index contributed by atoms with van der Waals surface area (Å²) in [7, 11) is 0. The van der Waals surface area contributed by atoms with Crippen molar-refractivity contribution in [3.63, 3.8) is 0 Å². The number of piperazine rings is 1. The van der Waals surface area contributed by atoms with Crippen LogP contribution in [0.1, 0.15) is 6.42 Å². The minimum absolute atomic E-state index is 0.0773. The van der Waals surface area contributed by atoms with Crippen LogP contribution in [0.3, 0.4) is 0 Å². The van der Waals surface area contributed by atoms with Crippen molar-refractivity contribution in [2.24, 2.45) is 0 Å². The standard InChI is InChI=1S/C13H21N5O3S/c1-22-7-2-9(19)12(21)18-5-3-17(4-6-18)10-8-11(20)16-13(14)15-10/h8-9,19H,2-7H2,1H3,(H3,14,15,16,20)/t9-/m0/s1. The molecule has 0 radical (unpaired) electrons. The lowest BCUT2D eigenvalue weighted by atomic mass is 10.2. The minimum atomic E-state index is -0.938. The van der Waals surface area contributed by atoms with Crippen molar-refractivity contribution in [3.8, 4) is 0 Å². The largest absolute Gasteiger partial charge is 0.383 e. The molecule has 122 valence electrons. The quantitative estimate of drug-likeness (QED) is 0.643. The number of nitrogens with zero attached hydrogens (tertiary/aromatic N) is 3. The summed E-state index contributed by atoms with van der Waals surface area (Å²) in [6, 6.07) is 1.39. The van der Waals surface area contributed by atoms with Crippen LogP contribution in [0.5, 0.6) is 0 Å². The Hall–Kier alpha value is -1.74. The van der Waals surface area contributed by atoms with Gasteiger partial charge in [0.15, 0.2) is 0 Å². The summed E-state index contributed by atoms with van der Waals surface area (Å²) in [5.41, 5.74) is 5.24. The van der Waals surface area contributed by atoms with Crippen LogP contribution in [0.4, 0.5) is 11.8 Å². The van der Waals surface area contributed by atoms with Crippen LogP contribution < -0.4 is 16.2 Å². The number of aromatic nitrogens is 2. The van der Waals surface area contributed by atoms with Crippen LogP contribution >= 0.6 is 11.8 Å². The van der Waals surface area contributed by atoms with Crippen molar-refractivity contribution in [3.05, 3.63) is 16.4 Å². The Balaban J connectivity index is 1.92. The summed E-state index contributed by atoms with van der Waals surface area (Å²) >= 11 is 1.60. The van der Waals surface area contributed by atoms with Gasteiger partial charge in [-0.3, -0.25) is 14.6 Å². The van der Waals surface area contributed by atoms with Crippen molar-refractivity contribution in [1.82, 2.24) is 14.9 Å². The number of nitrogens with one attached hydrogen (secondary N) is 1. The summed E-state index contributed by atoms with van der Waals surface area (Å²) in [6.45, 7) is 2.08. The number of amides is 1. The molecule has 2 rings (SSSR count). The zero-order valence-electron chi connectivity index (χ0n) is 12.5. The highest BCUT2D eigenvalue weighted by Gasteiger charge is 2.26. The van der Waals surface area contributed by atoms with E-state index in [1.165, 1.54) is 6.07 Å². The summed E-state index contributed by atoms with van der Waals surface area (Å²) in [5.74, 6) is 1.11. The first-order chi connectivity index (χ1) is 10.5. The molecule has 1 aromatic rings. The van der Waals surface area contributed by atoms with Crippen molar-refractivity contribution in [2.45, 2.75) is 12.5 Å². The van der Waals surface area contributed by atoms with Gasteiger partial charge in [-0.1, -0.05) is 0 Å². The van der Waals surface area contributed by atoms with E-state index in [1.54, 1.807) is 16.7 Å². The number of hydrogen-bond acceptors (Lipinski definition) is 7. The number of nitrogens with two attached hydrogens (primary N) is 1. The molecule has 0 bridgehead atoms. The molecule has 1 fully saturated rings. The number of aliphatic hydroxyl groups is 1. The number of nitrogen functional groups attached to an aromatic ring is 1. The fourth-order valence-corrected chi connectivity index (χ4v) is 2.80. The first kappa shape index (κ1) is 16.6. The van der Waals surface area contributed by atoms with Crippen LogP contribution in [0.25, 0.3) is 0 Å². The van der Waals surface area contributed by atoms with Crippen LogP contribution in [0.15, 0.2) is 10.9 Å². The van der Waals surface area contributed by atoms with E-state index in [0.29, 0.717) is 38.4 Å². The summed E-state index contributed by atoms with van der Waals surface area (Å²) in [4.78, 5) is 33.6. The predicted octanol–water partition coefficient (Wildman–Crippen LogP) is -0.885. The maximum Gasteiger partial charge on any atom is 0.254 e. The topological polar surface area (TPSA) is 116 Å². The highest BCUT2D eigenvalue weighted by atomic mass is 32.2. The van der Waals surface area contributed by atoms with Gasteiger partial charge in [0.25, 0.3) is 11.5 Å². The van der Waals surface area contributed by atoms with E-state index in [-0.39, 0.29) is 17.4 Å². The molecule has 8 nitrogen and oxygen atoms in total. The monoisotopic (exact) mass is 327 g/mol. The average Bonchev–Trinajstić information content (AvgIpc) is 2.51. The molecule has 4 N–H and O–H groups in total. The summed E-state index contributed by atoms with van der Waals surface area (Å²) < 4.78 is 0. The number of aliphatic hydroxyl groups excluding tert-OH is 1. The number of rotatable bonds is 5. The predicted molar refractivity (Wildman–Crippen MR) is 87.1 cm³/mol. The normalized spacial score (nSPS) is 16.6. The highest BCUT2D eigenvalue weighted by molar-refractivity contribution is 7.98. The second-order valence-corrected chi connectivity index (χ2v) is 6.08. The Morgan fingerprint density at radius 1 is 1.50 bits per heavy atom. The molecule has 9 heteroatoms. The molecule has 1 atom stereocenters. The Bertz CT molecular complexity index is 571. The van der Waals surface area contributed by atoms with Gasteiger partial charge < -0.3 is 20.6 Å². The van der Waals surface area contributed by atoms with Crippen molar-refractivity contribution < 1.29 is 9.90 Å². The van der Waals surface area contributed by atoms with E-state index in [2.05, 4.69) is 9.97 Å². The van der Waals surface area contributed by atoms with Crippen LogP contribution in [0, 0.1) is 0 Å². The fourth-order valence-electron chi connectivity index (χ4n) is 2.34. The molecule has 0 spiro atoms. The average molecular weight is 327 g/mol. The van der Waals surface area contributed by atoms with E-state index in [4.69, 9.17) is 5.73 Å². The fraction of sp³-hybridized carbons (Fsp3) is 0.615. The minimum Gasteiger partial charge on any atom is -0.383 e. The lowest BCUT2D eigenvalue weighted by molar-refractivity contribution is -0.140. The van der Waals surface area contributed by atoms with Gasteiger partial charge in [0, 0.05) is 32.2 Å². The number of aromatic amines is 1. The van der Waals surface area contributed by atoms with E-state index in [0.717, 1.165) is 5.75 Å². The van der Waals surface area contributed by atoms with E-state index in [1.807, 2.05) is 11.2 Å². The molecule has 0 unspecified atom stereocenters. The summed E-state index contributed by atoms with van der Waals surface area (Å²) in [6.07, 6.45) is 1.47. The highest BCUT2D eigenvalue weighted by Crippen LogP contribution is 2.13. The van der Waals surface area contributed by atoms with Gasteiger partial charge in [0.2, 0.25) is 5.95 Å². The first-order valence-corrected chi connectivity index (χ1v) is 8.48. The zero-order valence-corrected chi connectivity index (χ0v) is 13.3. The Kier molecular flexibility index (Phi) is 5.67. The van der Waals surface area contributed by atoms with E-state index >= 15 is 0 Å². The van der Waals surface area contributed by atoms with E-state index < -0.39 is 6.10 Å². The van der Waals surface area contributed by atoms with Gasteiger partial charge in [-0.25, -0.2) is 0 Å². The van der Waals surface area contributed by atoms with Gasteiger partial charge in [0.1, 0.15) is 11.9 Å². The van der Waals surface area contributed by atoms with Gasteiger partial charge >= 0.3 is 0 Å². The maximum absolute atomic E-state index is 12.1. The van der Waals surface area contributed by atoms with Gasteiger partial charge in [0.05, 0.1) is 0 Å². The first-order valence-electron chi connectivity index (χ1n) is 7.09. The molecule has 1 aromatic heterocycles. The van der Waals surface area contributed by atoms with Crippen molar-refractivity contribution >= 4 is 29.4 Å². The van der Waals surface area contributed by atoms with Gasteiger partial charge in [-0.15, -0.1) is 0 Å². The van der Waals surface area contributed by atoms with Crippen molar-refractivity contribution in [1.29, 1.82) is 0 Å². The molecule has 1 amide bonds. The lowest BCUT2D eigenvalue weighted by Crippen LogP contribution is -2.52. The second-order valence-electron chi connectivity index (χ2n) is 5.10. The van der Waals surface area contributed by atoms with Gasteiger partial charge in [-0.05, 0) is 18.4 Å². The van der Waals surface area contributed by atoms with Gasteiger partial charge in [-0.2, -0.15) is 16.7 Å². The molecule has 2 heterocycles. The Morgan fingerprint density at radius 2 is 2.18 bits per heavy atom. The summed E-state index contributed by atoms with van der Waals surface area (Å²) in [5, 5.41) is 9.86. The molecule has 22 heavy (non-hydrogen) atoms. The smallest absolute Gasteiger partial charge is 0.254 e. The molecular formula is C13H21N5O3S. The maximum atomic E-state index is 12.1. The molecule has 0 aromatic carbocycles. The molecule has 0 aliphatic carbocycles. The third kappa shape index (κ3) is 4.14. The molecular weight excluding hydrogens is 306 g/mol. The molecule has 1 aliphatic heterocycles. The number of thioether (sulfide) groups is 1. The lowest BCUT2D eigenvalue weighted by Gasteiger charge is -2.36. The van der Waals surface area contributed by atoms with E-state index in [9.17, 15) is 14.7 Å². The second kappa shape index (κ2) is 7.50. The molecule has 1 aliphatic rings. The van der Waals surface area contributed by atoms with Crippen molar-refractivity contribution in [2.75, 3.05) is 48.8 Å². The van der Waals surface area contributed by atoms with Crippen LogP contribution in [-0.4, -0.2) is 70.2 Å². The number of carbonyl (C=O) groups excluding carboxylic acids is 1. The molecule has 0 saturated carbocycles. The number of hydrogen-bond donors (Lipinski definition) is 3. The number of H-pyrrole nitrogens is 1. The SMILES string of the molecule is CSCC[C@H](O)C(=O)N1CCN(c2cc(=O)[nH]c(N)n2)CC1. The number of anilines is 2. The number of carbonyl (C=O) groups is 1. The Morgan fingerprint density at radius 3 is 2.77 bits per heavy atom. The third-order valence-corrected chi connectivity index (χ3v) is 4.19.